The zero-order valence-corrected chi connectivity index (χ0v) is 12.1. The normalized spacial score (nSPS) is 17.6. The average Bonchev–Trinajstić information content (AvgIpc) is 2.80. The predicted molar refractivity (Wildman–Crippen MR) is 73.2 cm³/mol. The minimum absolute atomic E-state index is 0.0600. The molecule has 1 heterocycles. The van der Waals surface area contributed by atoms with Crippen LogP contribution in [0.15, 0.2) is 12.4 Å². The van der Waals surface area contributed by atoms with Crippen LogP contribution in [0.3, 0.4) is 0 Å². The van der Waals surface area contributed by atoms with Gasteiger partial charge < -0.3 is 15.3 Å². The van der Waals surface area contributed by atoms with Gasteiger partial charge in [-0.2, -0.15) is 13.9 Å². The maximum absolute atomic E-state index is 13.9. The van der Waals surface area contributed by atoms with Crippen molar-refractivity contribution >= 4 is 11.6 Å². The molecular formula is C13H20F2N4O2. The summed E-state index contributed by atoms with van der Waals surface area (Å²) in [4.78, 5) is 13.6. The number of amides is 1. The number of hydrogen-bond donors (Lipinski definition) is 2. The fourth-order valence-corrected chi connectivity index (χ4v) is 2.10. The molecule has 8 heteroatoms. The first kappa shape index (κ1) is 15.8. The summed E-state index contributed by atoms with van der Waals surface area (Å²) in [6.45, 7) is 1.33. The molecule has 0 bridgehead atoms. The van der Waals surface area contributed by atoms with Crippen molar-refractivity contribution in [2.45, 2.75) is 37.3 Å². The molecular weight excluding hydrogens is 282 g/mol. The molecule has 0 saturated heterocycles. The van der Waals surface area contributed by atoms with Gasteiger partial charge in [-0.15, -0.1) is 0 Å². The first-order valence-corrected chi connectivity index (χ1v) is 6.83. The number of carbonyl (C=O) groups is 1. The van der Waals surface area contributed by atoms with E-state index in [0.717, 1.165) is 6.54 Å². The van der Waals surface area contributed by atoms with Gasteiger partial charge in [0.2, 0.25) is 0 Å². The Bertz CT molecular complexity index is 512. The summed E-state index contributed by atoms with van der Waals surface area (Å²) in [5, 5.41) is 15.8. The molecule has 1 aliphatic rings. The molecule has 6 nitrogen and oxygen atoms in total. The second kappa shape index (κ2) is 5.69. The molecule has 1 fully saturated rings. The second-order valence-corrected chi connectivity index (χ2v) is 5.71. The Morgan fingerprint density at radius 2 is 2.24 bits per heavy atom. The third kappa shape index (κ3) is 3.21. The van der Waals surface area contributed by atoms with Crippen molar-refractivity contribution in [1.29, 1.82) is 0 Å². The van der Waals surface area contributed by atoms with Gasteiger partial charge in [0.05, 0.1) is 18.4 Å². The van der Waals surface area contributed by atoms with Crippen molar-refractivity contribution in [3.63, 3.8) is 0 Å². The number of halogens is 2. The van der Waals surface area contributed by atoms with E-state index >= 15 is 0 Å². The Balaban J connectivity index is 1.96. The van der Waals surface area contributed by atoms with Gasteiger partial charge >= 0.3 is 5.92 Å². The van der Waals surface area contributed by atoms with Crippen LogP contribution in [0.2, 0.25) is 0 Å². The molecule has 0 unspecified atom stereocenters. The van der Waals surface area contributed by atoms with Gasteiger partial charge in [0.25, 0.3) is 5.91 Å². The SMILES string of the molecule is CN(C)CCn1cc(NC(=O)C(F)(F)C2(O)CCC2)cn1. The number of aromatic nitrogens is 2. The van der Waals surface area contributed by atoms with Crippen LogP contribution in [0.5, 0.6) is 0 Å². The number of likely N-dealkylation sites (N-methyl/N-ethyl adjacent to an activating group) is 1. The maximum Gasteiger partial charge on any atom is 0.352 e. The van der Waals surface area contributed by atoms with Crippen molar-refractivity contribution < 1.29 is 18.7 Å². The number of nitrogens with zero attached hydrogens (tertiary/aromatic N) is 3. The van der Waals surface area contributed by atoms with E-state index in [1.54, 1.807) is 4.68 Å². The van der Waals surface area contributed by atoms with Gasteiger partial charge in [0.15, 0.2) is 0 Å². The molecule has 1 amide bonds. The van der Waals surface area contributed by atoms with Crippen molar-refractivity contribution in [2.24, 2.45) is 0 Å². The van der Waals surface area contributed by atoms with E-state index in [1.165, 1.54) is 12.4 Å². The summed E-state index contributed by atoms with van der Waals surface area (Å²) in [7, 11) is 3.82. The number of carbonyl (C=O) groups excluding carboxylic acids is 1. The lowest BCUT2D eigenvalue weighted by atomic mass is 9.75. The monoisotopic (exact) mass is 302 g/mol. The largest absolute Gasteiger partial charge is 0.383 e. The Morgan fingerprint density at radius 3 is 2.76 bits per heavy atom. The lowest BCUT2D eigenvalue weighted by Crippen LogP contribution is -2.59. The van der Waals surface area contributed by atoms with Crippen LogP contribution in [0, 0.1) is 0 Å². The number of nitrogens with one attached hydrogen (secondary N) is 1. The zero-order chi connectivity index (χ0) is 15.7. The van der Waals surface area contributed by atoms with Gasteiger partial charge in [-0.25, -0.2) is 0 Å². The summed E-state index contributed by atoms with van der Waals surface area (Å²) in [6.07, 6.45) is 3.18. The Hall–Kier alpha value is -1.54. The molecule has 1 aliphatic carbocycles. The standard InChI is InChI=1S/C13H20F2N4O2/c1-18(2)6-7-19-9-10(8-16-19)17-11(20)13(14,15)12(21)4-3-5-12/h8-9,21H,3-7H2,1-2H3,(H,17,20). The lowest BCUT2D eigenvalue weighted by Gasteiger charge is -2.41. The predicted octanol–water partition coefficient (Wildman–Crippen LogP) is 0.933. The first-order chi connectivity index (χ1) is 9.74. The number of anilines is 1. The smallest absolute Gasteiger partial charge is 0.352 e. The quantitative estimate of drug-likeness (QED) is 0.820. The lowest BCUT2D eigenvalue weighted by molar-refractivity contribution is -0.212. The van der Waals surface area contributed by atoms with E-state index in [1.807, 2.05) is 19.0 Å². The molecule has 21 heavy (non-hydrogen) atoms. The molecule has 0 aliphatic heterocycles. The fraction of sp³-hybridized carbons (Fsp3) is 0.692. The molecule has 118 valence electrons. The maximum atomic E-state index is 13.9. The molecule has 0 radical (unpaired) electrons. The number of rotatable bonds is 6. The molecule has 1 saturated carbocycles. The molecule has 2 N–H and O–H groups in total. The molecule has 1 aromatic heterocycles. The number of aliphatic hydroxyl groups is 1. The van der Waals surface area contributed by atoms with Crippen LogP contribution in [0.1, 0.15) is 19.3 Å². The Labute approximate surface area is 121 Å². The van der Waals surface area contributed by atoms with Crippen LogP contribution in [0.25, 0.3) is 0 Å². The van der Waals surface area contributed by atoms with Crippen molar-refractivity contribution in [2.75, 3.05) is 26.0 Å². The fourth-order valence-electron chi connectivity index (χ4n) is 2.10. The van der Waals surface area contributed by atoms with Gasteiger partial charge in [0, 0.05) is 12.7 Å². The van der Waals surface area contributed by atoms with E-state index in [9.17, 15) is 18.7 Å². The molecule has 1 aromatic rings. The highest BCUT2D eigenvalue weighted by atomic mass is 19.3. The minimum Gasteiger partial charge on any atom is -0.383 e. The number of hydrogen-bond acceptors (Lipinski definition) is 4. The summed E-state index contributed by atoms with van der Waals surface area (Å²) >= 11 is 0. The van der Waals surface area contributed by atoms with Crippen LogP contribution < -0.4 is 5.32 Å². The molecule has 0 atom stereocenters. The van der Waals surface area contributed by atoms with E-state index in [4.69, 9.17) is 0 Å². The third-order valence-electron chi connectivity index (χ3n) is 3.72. The highest BCUT2D eigenvalue weighted by Crippen LogP contribution is 2.44. The van der Waals surface area contributed by atoms with Gasteiger partial charge in [0.1, 0.15) is 5.60 Å². The summed E-state index contributed by atoms with van der Waals surface area (Å²) < 4.78 is 29.4. The van der Waals surface area contributed by atoms with Gasteiger partial charge in [-0.1, -0.05) is 0 Å². The zero-order valence-electron chi connectivity index (χ0n) is 12.1. The molecule has 0 aromatic carbocycles. The summed E-state index contributed by atoms with van der Waals surface area (Å²) in [6, 6.07) is 0. The number of alkyl halides is 2. The van der Waals surface area contributed by atoms with Crippen LogP contribution in [-0.2, 0) is 11.3 Å². The molecule has 0 spiro atoms. The topological polar surface area (TPSA) is 70.4 Å². The van der Waals surface area contributed by atoms with Crippen molar-refractivity contribution in [1.82, 2.24) is 14.7 Å². The third-order valence-corrected chi connectivity index (χ3v) is 3.72. The van der Waals surface area contributed by atoms with Crippen LogP contribution >= 0.6 is 0 Å². The summed E-state index contributed by atoms with van der Waals surface area (Å²) in [5.74, 6) is -5.28. The van der Waals surface area contributed by atoms with E-state index < -0.39 is 17.4 Å². The average molecular weight is 302 g/mol. The van der Waals surface area contributed by atoms with Crippen LogP contribution in [-0.4, -0.2) is 57.9 Å². The van der Waals surface area contributed by atoms with Crippen molar-refractivity contribution in [3.05, 3.63) is 12.4 Å². The van der Waals surface area contributed by atoms with Crippen LogP contribution in [0.4, 0.5) is 14.5 Å². The highest BCUT2D eigenvalue weighted by Gasteiger charge is 2.61. The highest BCUT2D eigenvalue weighted by molar-refractivity contribution is 5.97. The summed E-state index contributed by atoms with van der Waals surface area (Å²) in [5.41, 5.74) is -2.01. The minimum atomic E-state index is -3.79. The van der Waals surface area contributed by atoms with Crippen molar-refractivity contribution in [3.8, 4) is 0 Å². The van der Waals surface area contributed by atoms with E-state index in [2.05, 4.69) is 10.4 Å². The van der Waals surface area contributed by atoms with E-state index in [0.29, 0.717) is 13.0 Å². The Morgan fingerprint density at radius 1 is 1.57 bits per heavy atom. The van der Waals surface area contributed by atoms with Gasteiger partial charge in [-0.3, -0.25) is 9.48 Å². The first-order valence-electron chi connectivity index (χ1n) is 6.83. The molecule has 2 rings (SSSR count). The van der Waals surface area contributed by atoms with Gasteiger partial charge in [-0.05, 0) is 33.4 Å². The Kier molecular flexibility index (Phi) is 4.29. The van der Waals surface area contributed by atoms with E-state index in [-0.39, 0.29) is 18.5 Å². The second-order valence-electron chi connectivity index (χ2n) is 5.71.